The van der Waals surface area contributed by atoms with Gasteiger partial charge in [-0.15, -0.1) is 0 Å². The average molecular weight is 1760 g/mol. The minimum absolute atomic E-state index is 0.0186. The SMILES string of the molecule is COCCOCCN(CCN(CCN(CCOCCOCC1OCCO1)C(=O)COCCOCC1OCCO1)C(=O)CCSSCCC(=O)N(CCN(CCOC(C)OCC1OCCO1)C(=O)COCCOCC1OCCO1)CCN(CCOCCOCC1OCCO1)C(=O)COC(C)OCC1OCCO1)C(=O)COCCOCC1OCCO1. The molecular weight excluding hydrogens is 1620 g/mol. The minimum Gasteiger partial charge on any atom is -0.382 e. The van der Waals surface area contributed by atoms with Gasteiger partial charge in [-0.25, -0.2) is 0 Å². The maximum atomic E-state index is 14.8. The van der Waals surface area contributed by atoms with E-state index in [-0.39, 0.29) is 293 Å². The summed E-state index contributed by atoms with van der Waals surface area (Å²) in [5.41, 5.74) is 0. The first-order valence-electron chi connectivity index (χ1n) is 41.2. The number of carbonyl (C=O) groups is 6. The van der Waals surface area contributed by atoms with Crippen LogP contribution in [0.5, 0.6) is 0 Å². The molecule has 7 aliphatic heterocycles. The Bertz CT molecular complexity index is 2600. The van der Waals surface area contributed by atoms with Crippen LogP contribution in [-0.2, 0) is 171 Å². The smallest absolute Gasteiger partial charge is 0.248 e. The lowest BCUT2D eigenvalue weighted by atomic mass is 10.3. The Morgan fingerprint density at radius 2 is 0.479 bits per heavy atom. The Hall–Kier alpha value is -3.68. The summed E-state index contributed by atoms with van der Waals surface area (Å²) in [6.45, 7) is 13.8. The molecule has 0 aromatic rings. The third-order valence-corrected chi connectivity index (χ3v) is 20.6. The molecule has 7 fully saturated rings. The highest BCUT2D eigenvalue weighted by atomic mass is 33.1. The highest BCUT2D eigenvalue weighted by Crippen LogP contribution is 2.24. The third-order valence-electron chi connectivity index (χ3n) is 18.2. The van der Waals surface area contributed by atoms with E-state index in [2.05, 4.69) is 0 Å². The van der Waals surface area contributed by atoms with Crippen molar-refractivity contribution in [3.05, 3.63) is 0 Å². The van der Waals surface area contributed by atoms with Gasteiger partial charge in [0.25, 0.3) is 0 Å². The molecule has 0 spiro atoms. The first-order valence-corrected chi connectivity index (χ1v) is 43.7. The van der Waals surface area contributed by atoms with Gasteiger partial charge >= 0.3 is 0 Å². The molecule has 2 unspecified atom stereocenters. The van der Waals surface area contributed by atoms with Gasteiger partial charge in [0, 0.05) is 110 Å². The van der Waals surface area contributed by atoms with Crippen LogP contribution in [0.4, 0.5) is 0 Å². The fraction of sp³-hybridized carbons (Fsp3) is 0.920. The average Bonchev–Trinajstić information content (AvgIpc) is 1.89. The van der Waals surface area contributed by atoms with Crippen molar-refractivity contribution in [1.29, 1.82) is 0 Å². The number of hydrogen-bond donors (Lipinski definition) is 0. The van der Waals surface area contributed by atoms with Crippen molar-refractivity contribution in [2.24, 2.45) is 0 Å². The molecule has 119 heavy (non-hydrogen) atoms. The normalized spacial score (nSPS) is 17.9. The zero-order valence-corrected chi connectivity index (χ0v) is 71.3. The second kappa shape index (κ2) is 66.7. The van der Waals surface area contributed by atoms with Gasteiger partial charge in [-0.2, -0.15) is 0 Å². The summed E-state index contributed by atoms with van der Waals surface area (Å²) in [4.78, 5) is 95.5. The molecule has 0 aliphatic carbocycles. The van der Waals surface area contributed by atoms with Crippen LogP contribution in [0.15, 0.2) is 0 Å². The van der Waals surface area contributed by atoms with Gasteiger partial charge in [0.1, 0.15) is 39.6 Å². The van der Waals surface area contributed by atoms with E-state index in [0.717, 1.165) is 0 Å². The molecule has 2 atom stereocenters. The lowest BCUT2D eigenvalue weighted by Gasteiger charge is -2.31. The fourth-order valence-electron chi connectivity index (χ4n) is 11.7. The van der Waals surface area contributed by atoms with Crippen molar-refractivity contribution in [2.75, 3.05) is 368 Å². The number of carbonyl (C=O) groups excluding carboxylic acids is 6. The molecule has 690 valence electrons. The first kappa shape index (κ1) is 102. The second-order valence-corrected chi connectivity index (χ2v) is 29.7. The number of rotatable bonds is 75. The van der Waals surface area contributed by atoms with Crippen LogP contribution in [0.25, 0.3) is 0 Å². The van der Waals surface area contributed by atoms with Gasteiger partial charge in [0.15, 0.2) is 56.6 Å². The van der Waals surface area contributed by atoms with Gasteiger partial charge in [-0.1, -0.05) is 21.6 Å². The Kier molecular flexibility index (Phi) is 57.4. The summed E-state index contributed by atoms with van der Waals surface area (Å²) in [5.74, 6) is -1.45. The molecule has 7 heterocycles. The van der Waals surface area contributed by atoms with E-state index in [1.165, 1.54) is 21.6 Å². The maximum Gasteiger partial charge on any atom is 0.248 e. The van der Waals surface area contributed by atoms with E-state index >= 15 is 0 Å². The van der Waals surface area contributed by atoms with Crippen LogP contribution in [0.3, 0.4) is 0 Å². The van der Waals surface area contributed by atoms with Crippen LogP contribution in [0, 0.1) is 0 Å². The van der Waals surface area contributed by atoms with Gasteiger partial charge in [-0.05, 0) is 13.8 Å². The van der Waals surface area contributed by atoms with E-state index in [4.69, 9.17) is 142 Å². The molecule has 44 heteroatoms. The minimum atomic E-state index is -0.810. The molecule has 0 aromatic heterocycles. The molecular formula is C75H132N6O36S2. The van der Waals surface area contributed by atoms with E-state index in [1.54, 1.807) is 50.4 Å². The van der Waals surface area contributed by atoms with Crippen LogP contribution in [0.2, 0.25) is 0 Å². The Labute approximate surface area is 705 Å². The summed E-state index contributed by atoms with van der Waals surface area (Å²) in [5, 5.41) is 0. The Balaban J connectivity index is 1.01. The Morgan fingerprint density at radius 3 is 0.765 bits per heavy atom. The predicted octanol–water partition coefficient (Wildman–Crippen LogP) is -1.68. The summed E-state index contributed by atoms with van der Waals surface area (Å²) >= 11 is 0. The van der Waals surface area contributed by atoms with Crippen LogP contribution in [0.1, 0.15) is 26.7 Å². The highest BCUT2D eigenvalue weighted by Gasteiger charge is 2.29. The number of hydrogen-bond acceptors (Lipinski definition) is 38. The largest absolute Gasteiger partial charge is 0.382 e. The van der Waals surface area contributed by atoms with Gasteiger partial charge < -0.3 is 172 Å². The topological polar surface area (TPSA) is 399 Å². The van der Waals surface area contributed by atoms with Crippen molar-refractivity contribution in [3.8, 4) is 0 Å². The van der Waals surface area contributed by atoms with Crippen molar-refractivity contribution in [3.63, 3.8) is 0 Å². The lowest BCUT2D eigenvalue weighted by Crippen LogP contribution is -2.47. The summed E-state index contributed by atoms with van der Waals surface area (Å²) < 4.78 is 169. The molecule has 0 aromatic carbocycles. The molecule has 0 bridgehead atoms. The summed E-state index contributed by atoms with van der Waals surface area (Å²) in [6, 6.07) is 0. The van der Waals surface area contributed by atoms with Crippen molar-refractivity contribution in [1.82, 2.24) is 29.4 Å². The molecule has 7 saturated heterocycles. The van der Waals surface area contributed by atoms with Crippen molar-refractivity contribution >= 4 is 57.0 Å². The van der Waals surface area contributed by atoms with Crippen LogP contribution in [-0.4, -0.2) is 489 Å². The maximum absolute atomic E-state index is 14.8. The van der Waals surface area contributed by atoms with E-state index in [1.807, 2.05) is 0 Å². The quantitative estimate of drug-likeness (QED) is 0.0373. The highest BCUT2D eigenvalue weighted by molar-refractivity contribution is 8.76. The molecule has 6 amide bonds. The third kappa shape index (κ3) is 48.0. The molecule has 0 radical (unpaired) electrons. The predicted molar refractivity (Wildman–Crippen MR) is 417 cm³/mol. The number of nitrogens with zero attached hydrogens (tertiary/aromatic N) is 6. The number of methoxy groups -OCH3 is 1. The van der Waals surface area contributed by atoms with Crippen LogP contribution >= 0.6 is 21.6 Å². The molecule has 7 aliphatic rings. The van der Waals surface area contributed by atoms with E-state index in [9.17, 15) is 28.8 Å². The van der Waals surface area contributed by atoms with Crippen molar-refractivity contribution < 1.29 is 171 Å². The Morgan fingerprint density at radius 1 is 0.252 bits per heavy atom. The number of ether oxygens (including phenoxy) is 30. The van der Waals surface area contributed by atoms with Gasteiger partial charge in [-0.3, -0.25) is 28.8 Å². The number of amides is 6. The van der Waals surface area contributed by atoms with E-state index < -0.39 is 62.5 Å². The molecule has 7 rings (SSSR count). The summed E-state index contributed by atoms with van der Waals surface area (Å²) in [6.07, 6.45) is -4.83. The molecule has 42 nitrogen and oxygen atoms in total. The van der Waals surface area contributed by atoms with Crippen LogP contribution < -0.4 is 0 Å². The molecule has 0 N–H and O–H groups in total. The van der Waals surface area contributed by atoms with Crippen molar-refractivity contribution in [2.45, 2.75) is 83.3 Å². The summed E-state index contributed by atoms with van der Waals surface area (Å²) in [7, 11) is 4.34. The first-order chi connectivity index (χ1) is 58.4. The lowest BCUT2D eigenvalue weighted by molar-refractivity contribution is -0.184. The van der Waals surface area contributed by atoms with E-state index in [0.29, 0.717) is 111 Å². The monoisotopic (exact) mass is 1760 g/mol. The standard InChI is InChI=1S/C75H132N6O36S2/c1-61(116-59-74-111-44-45-112-74)100-21-17-81(67(86)52-94-30-33-99-58-73-109-42-43-110-73)13-9-77(8-12-80(16-20-91-25-27-96-55-70-103-36-37-104-70)68(87)53-115-62(2)117-60-75-113-46-47-114-75)64(83)5-49-119-118-48-4-63(82)76(6-10-78(14-18-89-23-22-88-3)65(84)50-92-28-31-97-56-71-105-38-39-106-71)7-11-79(15-19-90-24-26-95-54-69-101-34-35-102-69)66(85)51-93-29-32-98-57-72-107-40-41-108-72/h61-62,69-75H,4-60H2,1-3H3. The second-order valence-electron chi connectivity index (χ2n) is 27.0. The zero-order valence-electron chi connectivity index (χ0n) is 69.7. The van der Waals surface area contributed by atoms with Gasteiger partial charge in [0.2, 0.25) is 35.4 Å². The van der Waals surface area contributed by atoms with Gasteiger partial charge in [0.05, 0.1) is 231 Å². The molecule has 0 saturated carbocycles. The fourth-order valence-corrected chi connectivity index (χ4v) is 13.7. The zero-order chi connectivity index (χ0) is 84.1.